The number of aromatic nitrogens is 3. The van der Waals surface area contributed by atoms with Crippen molar-refractivity contribution >= 4 is 22.4 Å². The summed E-state index contributed by atoms with van der Waals surface area (Å²) in [6, 6.07) is 15.7. The first-order valence-electron chi connectivity index (χ1n) is 10.8. The molecule has 0 radical (unpaired) electrons. The van der Waals surface area contributed by atoms with Crippen molar-refractivity contribution in [2.75, 3.05) is 17.6 Å². The van der Waals surface area contributed by atoms with E-state index in [2.05, 4.69) is 26.3 Å². The molecule has 32 heavy (non-hydrogen) atoms. The summed E-state index contributed by atoms with van der Waals surface area (Å²) in [5, 5.41) is 15.7. The molecule has 1 saturated carbocycles. The Morgan fingerprint density at radius 1 is 1.06 bits per heavy atom. The van der Waals surface area contributed by atoms with Crippen molar-refractivity contribution in [3.63, 3.8) is 0 Å². The van der Waals surface area contributed by atoms with Crippen molar-refractivity contribution in [3.05, 3.63) is 66.5 Å². The maximum Gasteiger partial charge on any atom is 0.228 e. The Bertz CT molecular complexity index is 1270. The van der Waals surface area contributed by atoms with Crippen molar-refractivity contribution in [3.8, 4) is 22.9 Å². The predicted octanol–water partition coefficient (Wildman–Crippen LogP) is 4.56. The molecule has 0 amide bonds. The number of rotatable bonds is 7. The minimum Gasteiger partial charge on any atom is -0.437 e. The maximum atomic E-state index is 10.3. The molecule has 4 aromatic rings. The molecule has 2 heterocycles. The number of aryl methyl sites for hydroxylation is 1. The lowest BCUT2D eigenvalue weighted by Crippen LogP contribution is -2.21. The van der Waals surface area contributed by atoms with E-state index in [1.165, 1.54) is 0 Å². The van der Waals surface area contributed by atoms with Gasteiger partial charge < -0.3 is 20.9 Å². The number of hydrogen-bond donors (Lipinski definition) is 3. The lowest BCUT2D eigenvalue weighted by atomic mass is 10.0. The quantitative estimate of drug-likeness (QED) is 0.397. The van der Waals surface area contributed by atoms with E-state index in [1.807, 2.05) is 43.3 Å². The number of ether oxygens (including phenoxy) is 1. The zero-order valence-electron chi connectivity index (χ0n) is 17.8. The normalized spacial score (nSPS) is 14.3. The highest BCUT2D eigenvalue weighted by molar-refractivity contribution is 5.98. The number of aliphatic hydroxyl groups excluding tert-OH is 1. The fraction of sp³-hybridized carbons (Fsp3) is 0.240. The van der Waals surface area contributed by atoms with Crippen LogP contribution in [0, 0.1) is 12.8 Å². The van der Waals surface area contributed by atoms with Gasteiger partial charge in [0.05, 0.1) is 17.4 Å². The standard InChI is InChI=1S/C25H25N5O2/c1-15-7-10-17-18(4-2-6-20(17)29-14-22(31)16-8-9-16)23(15)32-24-19(5-3-12-27-24)21-11-13-28-25(26)30-21/h2-7,10-13,16,22,29,31H,8-9,14H2,1H3,(H2,26,28,30)/t22-/m1/s1. The average molecular weight is 428 g/mol. The Balaban J connectivity index is 1.51. The van der Waals surface area contributed by atoms with E-state index in [-0.39, 0.29) is 12.1 Å². The smallest absolute Gasteiger partial charge is 0.228 e. The van der Waals surface area contributed by atoms with Crippen LogP contribution in [0.5, 0.6) is 11.6 Å². The molecule has 4 N–H and O–H groups in total. The SMILES string of the molecule is Cc1ccc2c(NC[C@@H](O)C3CC3)cccc2c1Oc1ncccc1-c1ccnc(N)n1. The van der Waals surface area contributed by atoms with Crippen LogP contribution in [0.4, 0.5) is 11.6 Å². The van der Waals surface area contributed by atoms with Gasteiger partial charge in [-0.3, -0.25) is 0 Å². The third kappa shape index (κ3) is 4.07. The minimum atomic E-state index is -0.317. The molecular formula is C25H25N5O2. The molecule has 162 valence electrons. The number of anilines is 2. The predicted molar refractivity (Wildman–Crippen MR) is 126 cm³/mol. The van der Waals surface area contributed by atoms with Gasteiger partial charge in [-0.1, -0.05) is 24.3 Å². The maximum absolute atomic E-state index is 10.3. The number of aliphatic hydroxyl groups is 1. The number of pyridine rings is 1. The molecule has 1 aliphatic rings. The highest BCUT2D eigenvalue weighted by Crippen LogP contribution is 2.39. The van der Waals surface area contributed by atoms with Crippen molar-refractivity contribution in [2.24, 2.45) is 5.92 Å². The zero-order valence-corrected chi connectivity index (χ0v) is 17.8. The topological polar surface area (TPSA) is 106 Å². The molecule has 1 atom stereocenters. The number of fused-ring (bicyclic) bond motifs is 1. The summed E-state index contributed by atoms with van der Waals surface area (Å²) in [4.78, 5) is 12.8. The van der Waals surface area contributed by atoms with Crippen LogP contribution in [-0.2, 0) is 0 Å². The first kappa shape index (κ1) is 20.2. The molecule has 2 aromatic heterocycles. The summed E-state index contributed by atoms with van der Waals surface area (Å²) in [6.45, 7) is 2.55. The van der Waals surface area contributed by atoms with Crippen LogP contribution in [0.25, 0.3) is 22.0 Å². The number of nitrogens with two attached hydrogens (primary N) is 1. The number of nitrogen functional groups attached to an aromatic ring is 1. The largest absolute Gasteiger partial charge is 0.437 e. The summed E-state index contributed by atoms with van der Waals surface area (Å²) >= 11 is 0. The summed E-state index contributed by atoms with van der Waals surface area (Å²) < 4.78 is 6.39. The Kier molecular flexibility index (Phi) is 5.33. The van der Waals surface area contributed by atoms with E-state index in [4.69, 9.17) is 10.5 Å². The molecule has 0 saturated heterocycles. The Morgan fingerprint density at radius 2 is 1.94 bits per heavy atom. The molecule has 1 aliphatic carbocycles. The Hall–Kier alpha value is -3.71. The van der Waals surface area contributed by atoms with Crippen LogP contribution < -0.4 is 15.8 Å². The molecule has 0 spiro atoms. The minimum absolute atomic E-state index is 0.197. The van der Waals surface area contributed by atoms with Gasteiger partial charge in [-0.25, -0.2) is 15.0 Å². The average Bonchev–Trinajstić information content (AvgIpc) is 3.65. The molecule has 0 unspecified atom stereocenters. The van der Waals surface area contributed by atoms with E-state index < -0.39 is 0 Å². The molecule has 7 heteroatoms. The second-order valence-corrected chi connectivity index (χ2v) is 8.16. The summed E-state index contributed by atoms with van der Waals surface area (Å²) in [5.74, 6) is 1.80. The van der Waals surface area contributed by atoms with Gasteiger partial charge in [-0.05, 0) is 55.5 Å². The second kappa shape index (κ2) is 8.43. The third-order valence-electron chi connectivity index (χ3n) is 5.80. The van der Waals surface area contributed by atoms with Crippen LogP contribution in [0.15, 0.2) is 60.9 Å². The molecule has 1 fully saturated rings. The first-order chi connectivity index (χ1) is 15.6. The summed E-state index contributed by atoms with van der Waals surface area (Å²) in [6.07, 6.45) is 5.21. The van der Waals surface area contributed by atoms with E-state index in [0.717, 1.165) is 46.2 Å². The van der Waals surface area contributed by atoms with Crippen LogP contribution in [-0.4, -0.2) is 32.7 Å². The number of nitrogens with one attached hydrogen (secondary N) is 1. The van der Waals surface area contributed by atoms with E-state index in [9.17, 15) is 5.11 Å². The van der Waals surface area contributed by atoms with Crippen LogP contribution in [0.2, 0.25) is 0 Å². The van der Waals surface area contributed by atoms with Crippen LogP contribution >= 0.6 is 0 Å². The van der Waals surface area contributed by atoms with Crippen LogP contribution in [0.3, 0.4) is 0 Å². The Labute approximate surface area is 186 Å². The van der Waals surface area contributed by atoms with Gasteiger partial charge in [-0.15, -0.1) is 0 Å². The van der Waals surface area contributed by atoms with Gasteiger partial charge >= 0.3 is 0 Å². The fourth-order valence-corrected chi connectivity index (χ4v) is 3.88. The second-order valence-electron chi connectivity index (χ2n) is 8.16. The van der Waals surface area contributed by atoms with E-state index in [1.54, 1.807) is 18.5 Å². The first-order valence-corrected chi connectivity index (χ1v) is 10.8. The van der Waals surface area contributed by atoms with E-state index in [0.29, 0.717) is 24.0 Å². The summed E-state index contributed by atoms with van der Waals surface area (Å²) in [7, 11) is 0. The number of hydrogen-bond acceptors (Lipinski definition) is 7. The van der Waals surface area contributed by atoms with Gasteiger partial charge in [0.15, 0.2) is 0 Å². The molecule has 2 aromatic carbocycles. The van der Waals surface area contributed by atoms with Gasteiger partial charge in [0, 0.05) is 35.4 Å². The monoisotopic (exact) mass is 427 g/mol. The van der Waals surface area contributed by atoms with Crippen molar-refractivity contribution in [2.45, 2.75) is 25.9 Å². The van der Waals surface area contributed by atoms with Crippen molar-refractivity contribution in [1.82, 2.24) is 15.0 Å². The lowest BCUT2D eigenvalue weighted by Gasteiger charge is -2.17. The Morgan fingerprint density at radius 3 is 2.75 bits per heavy atom. The number of benzene rings is 2. The van der Waals surface area contributed by atoms with Gasteiger partial charge in [0.1, 0.15) is 5.75 Å². The van der Waals surface area contributed by atoms with Gasteiger partial charge in [0.2, 0.25) is 11.8 Å². The molecule has 7 nitrogen and oxygen atoms in total. The lowest BCUT2D eigenvalue weighted by molar-refractivity contribution is 0.164. The highest BCUT2D eigenvalue weighted by atomic mass is 16.5. The van der Waals surface area contributed by atoms with E-state index >= 15 is 0 Å². The zero-order chi connectivity index (χ0) is 22.1. The molecule has 0 bridgehead atoms. The van der Waals surface area contributed by atoms with Crippen molar-refractivity contribution < 1.29 is 9.84 Å². The van der Waals surface area contributed by atoms with Gasteiger partial charge in [0.25, 0.3) is 0 Å². The highest BCUT2D eigenvalue weighted by Gasteiger charge is 2.29. The van der Waals surface area contributed by atoms with Gasteiger partial charge in [-0.2, -0.15) is 0 Å². The summed E-state index contributed by atoms with van der Waals surface area (Å²) in [5.41, 5.74) is 9.12. The van der Waals surface area contributed by atoms with Crippen LogP contribution in [0.1, 0.15) is 18.4 Å². The van der Waals surface area contributed by atoms with Crippen molar-refractivity contribution in [1.29, 1.82) is 0 Å². The third-order valence-corrected chi connectivity index (χ3v) is 5.80. The molecule has 5 rings (SSSR count). The number of nitrogens with zero attached hydrogens (tertiary/aromatic N) is 3. The fourth-order valence-electron chi connectivity index (χ4n) is 3.88. The molecular weight excluding hydrogens is 402 g/mol. The molecule has 0 aliphatic heterocycles.